The number of hydrogen-bond acceptors (Lipinski definition) is 10. The highest BCUT2D eigenvalue weighted by molar-refractivity contribution is 5.67. The van der Waals surface area contributed by atoms with Crippen LogP contribution >= 0.6 is 0 Å². The lowest BCUT2D eigenvalue weighted by Crippen LogP contribution is -2.61. The second kappa shape index (κ2) is 8.87. The highest BCUT2D eigenvalue weighted by Gasteiger charge is 2.49. The van der Waals surface area contributed by atoms with Gasteiger partial charge >= 0.3 is 5.97 Å². The first-order valence-corrected chi connectivity index (χ1v) is 8.36. The van der Waals surface area contributed by atoms with E-state index in [1.165, 1.54) is 0 Å². The summed E-state index contributed by atoms with van der Waals surface area (Å²) in [7, 11) is 0. The van der Waals surface area contributed by atoms with E-state index in [4.69, 9.17) is 14.6 Å². The van der Waals surface area contributed by atoms with E-state index in [-0.39, 0.29) is 6.42 Å². The molecule has 2 aliphatic rings. The molecule has 26 heavy (non-hydrogen) atoms. The van der Waals surface area contributed by atoms with Crippen molar-refractivity contribution >= 4 is 5.97 Å². The minimum atomic E-state index is -1.68. The Labute approximate surface area is 149 Å². The molecule has 0 aromatic rings. The number of aliphatic hydroxyl groups excluding tert-OH is 7. The molecule has 11 nitrogen and oxygen atoms in total. The van der Waals surface area contributed by atoms with Crippen molar-refractivity contribution in [3.05, 3.63) is 0 Å². The Balaban J connectivity index is 2.14. The molecule has 11 heteroatoms. The number of carbonyl (C=O) groups is 1. The Kier molecular flexibility index (Phi) is 7.30. The first kappa shape index (κ1) is 21.4. The molecule has 2 fully saturated rings. The summed E-state index contributed by atoms with van der Waals surface area (Å²) in [4.78, 5) is 11.0. The lowest BCUT2D eigenvalue weighted by molar-refractivity contribution is -0.324. The van der Waals surface area contributed by atoms with Crippen LogP contribution < -0.4 is 0 Å². The summed E-state index contributed by atoms with van der Waals surface area (Å²) in [6, 6.07) is 0. The van der Waals surface area contributed by atoms with Gasteiger partial charge in [0.05, 0.1) is 31.3 Å². The van der Waals surface area contributed by atoms with Crippen molar-refractivity contribution in [1.29, 1.82) is 0 Å². The number of aliphatic hydroxyl groups is 7. The van der Waals surface area contributed by atoms with Gasteiger partial charge in [-0.05, 0) is 6.42 Å². The smallest absolute Gasteiger partial charge is 0.303 e. The number of carboxylic acids is 1. The summed E-state index contributed by atoms with van der Waals surface area (Å²) < 4.78 is 10.7. The zero-order valence-corrected chi connectivity index (χ0v) is 13.9. The van der Waals surface area contributed by atoms with Crippen LogP contribution in [0.25, 0.3) is 0 Å². The molecule has 2 rings (SSSR count). The number of hydrogen-bond donors (Lipinski definition) is 8. The molecular formula is C15H26O11. The Morgan fingerprint density at radius 2 is 1.58 bits per heavy atom. The van der Waals surface area contributed by atoms with Crippen molar-refractivity contribution in [2.24, 2.45) is 11.8 Å². The third-order valence-corrected chi connectivity index (χ3v) is 5.08. The van der Waals surface area contributed by atoms with E-state index in [1.54, 1.807) is 0 Å². The van der Waals surface area contributed by atoms with Gasteiger partial charge < -0.3 is 50.3 Å². The molecule has 1 aliphatic carbocycles. The van der Waals surface area contributed by atoms with E-state index in [0.29, 0.717) is 0 Å². The standard InChI is InChI=1S/C15H26O11/c16-3-5-1-7(11(21)6(10(5)20)2-9(18)19)25-15-14(24)13(23)12(22)8(4-17)26-15/h5-8,10-17,20-24H,1-4H2,(H,18,19)/t5-,6+,7-,8-,10+,11-,12-,13+,14+,15+/m1/s1. The fourth-order valence-electron chi connectivity index (χ4n) is 3.52. The molecule has 0 bridgehead atoms. The second-order valence-corrected chi connectivity index (χ2v) is 6.79. The van der Waals surface area contributed by atoms with E-state index in [2.05, 4.69) is 0 Å². The van der Waals surface area contributed by atoms with E-state index >= 15 is 0 Å². The first-order valence-electron chi connectivity index (χ1n) is 8.36. The molecule has 0 radical (unpaired) electrons. The van der Waals surface area contributed by atoms with Crippen molar-refractivity contribution < 1.29 is 55.1 Å². The van der Waals surface area contributed by atoms with Gasteiger partial charge in [-0.25, -0.2) is 0 Å². The fraction of sp³-hybridized carbons (Fsp3) is 0.933. The number of carboxylic acid groups (broad SMARTS) is 1. The molecule has 1 saturated carbocycles. The average molecular weight is 382 g/mol. The van der Waals surface area contributed by atoms with Crippen LogP contribution in [0.1, 0.15) is 12.8 Å². The summed E-state index contributed by atoms with van der Waals surface area (Å²) in [5, 5.41) is 77.6. The summed E-state index contributed by atoms with van der Waals surface area (Å²) in [6.07, 6.45) is -12.1. The van der Waals surface area contributed by atoms with Gasteiger partial charge in [0.1, 0.15) is 24.4 Å². The summed E-state index contributed by atoms with van der Waals surface area (Å²) in [6.45, 7) is -1.13. The molecule has 0 amide bonds. The van der Waals surface area contributed by atoms with Gasteiger partial charge in [0, 0.05) is 18.4 Å². The maximum Gasteiger partial charge on any atom is 0.303 e. The Bertz CT molecular complexity index is 473. The molecule has 1 aliphatic heterocycles. The van der Waals surface area contributed by atoms with E-state index in [0.717, 1.165) is 0 Å². The maximum absolute atomic E-state index is 11.0. The minimum absolute atomic E-state index is 0.0516. The SMILES string of the molecule is O=C(O)C[C@@H]1[C@@H](O)[C@H](O[C@H]2O[C@H](CO)[C@@H](O)[C@H](O)[C@@H]2O)C[C@H](CO)[C@@H]1O. The normalized spacial score (nSPS) is 46.9. The summed E-state index contributed by atoms with van der Waals surface area (Å²) in [5.74, 6) is -3.13. The minimum Gasteiger partial charge on any atom is -0.481 e. The highest BCUT2D eigenvalue weighted by atomic mass is 16.7. The topological polar surface area (TPSA) is 197 Å². The lowest BCUT2D eigenvalue weighted by Gasteiger charge is -2.45. The van der Waals surface area contributed by atoms with Gasteiger partial charge in [0.25, 0.3) is 0 Å². The van der Waals surface area contributed by atoms with Gasteiger partial charge in [-0.1, -0.05) is 0 Å². The predicted octanol–water partition coefficient (Wildman–Crippen LogP) is -4.00. The Morgan fingerprint density at radius 1 is 0.923 bits per heavy atom. The molecule has 152 valence electrons. The quantitative estimate of drug-likeness (QED) is 0.223. The molecule has 1 saturated heterocycles. The number of rotatable bonds is 6. The zero-order chi connectivity index (χ0) is 19.6. The molecular weight excluding hydrogens is 356 g/mol. The van der Waals surface area contributed by atoms with Gasteiger partial charge in [0.15, 0.2) is 6.29 Å². The average Bonchev–Trinajstić information content (AvgIpc) is 2.60. The Hall–Kier alpha value is -0.890. The van der Waals surface area contributed by atoms with Crippen LogP contribution in [0.5, 0.6) is 0 Å². The molecule has 0 aromatic heterocycles. The van der Waals surface area contributed by atoms with E-state index in [9.17, 15) is 40.5 Å². The predicted molar refractivity (Wildman–Crippen MR) is 81.6 cm³/mol. The van der Waals surface area contributed by atoms with Crippen LogP contribution in [-0.2, 0) is 14.3 Å². The van der Waals surface area contributed by atoms with E-state index < -0.39 is 86.5 Å². The summed E-state index contributed by atoms with van der Waals surface area (Å²) in [5.41, 5.74) is 0. The third-order valence-electron chi connectivity index (χ3n) is 5.08. The van der Waals surface area contributed by atoms with Crippen molar-refractivity contribution in [1.82, 2.24) is 0 Å². The molecule has 8 N–H and O–H groups in total. The van der Waals surface area contributed by atoms with E-state index in [1.807, 2.05) is 0 Å². The van der Waals surface area contributed by atoms with Crippen molar-refractivity contribution in [2.45, 2.75) is 61.9 Å². The van der Waals surface area contributed by atoms with Crippen molar-refractivity contribution in [3.8, 4) is 0 Å². The van der Waals surface area contributed by atoms with Crippen LogP contribution in [0.3, 0.4) is 0 Å². The highest BCUT2D eigenvalue weighted by Crippen LogP contribution is 2.35. The molecule has 10 atom stereocenters. The van der Waals surface area contributed by atoms with Gasteiger partial charge in [-0.2, -0.15) is 0 Å². The van der Waals surface area contributed by atoms with Gasteiger partial charge in [-0.3, -0.25) is 4.79 Å². The third kappa shape index (κ3) is 4.32. The fourth-order valence-corrected chi connectivity index (χ4v) is 3.52. The second-order valence-electron chi connectivity index (χ2n) is 6.79. The number of aliphatic carboxylic acids is 1. The van der Waals surface area contributed by atoms with Crippen LogP contribution in [0.4, 0.5) is 0 Å². The van der Waals surface area contributed by atoms with Gasteiger partial charge in [0.2, 0.25) is 0 Å². The Morgan fingerprint density at radius 3 is 2.12 bits per heavy atom. The molecule has 1 heterocycles. The molecule has 0 aromatic carbocycles. The van der Waals surface area contributed by atoms with Crippen molar-refractivity contribution in [3.63, 3.8) is 0 Å². The largest absolute Gasteiger partial charge is 0.481 e. The monoisotopic (exact) mass is 382 g/mol. The number of ether oxygens (including phenoxy) is 2. The zero-order valence-electron chi connectivity index (χ0n) is 13.9. The maximum atomic E-state index is 11.0. The van der Waals surface area contributed by atoms with Gasteiger partial charge in [-0.15, -0.1) is 0 Å². The van der Waals surface area contributed by atoms with Crippen LogP contribution in [0, 0.1) is 11.8 Å². The first-order chi connectivity index (χ1) is 12.2. The van der Waals surface area contributed by atoms with Crippen LogP contribution in [-0.4, -0.2) is 109 Å². The molecule has 0 unspecified atom stereocenters. The van der Waals surface area contributed by atoms with Crippen LogP contribution in [0.2, 0.25) is 0 Å². The van der Waals surface area contributed by atoms with Crippen LogP contribution in [0.15, 0.2) is 0 Å². The summed E-state index contributed by atoms with van der Waals surface area (Å²) >= 11 is 0. The van der Waals surface area contributed by atoms with Crippen molar-refractivity contribution in [2.75, 3.05) is 13.2 Å². The molecule has 0 spiro atoms. The lowest BCUT2D eigenvalue weighted by atomic mass is 9.74.